The molecule has 0 saturated heterocycles. The lowest BCUT2D eigenvalue weighted by Gasteiger charge is -2.37. The molecular formula is C16H20FN3O4S. The first-order valence-corrected chi connectivity index (χ1v) is 9.31. The molecule has 1 aromatic heterocycles. The number of aryl methyl sites for hydroxylation is 1. The number of benzene rings is 1. The Labute approximate surface area is 145 Å². The fourth-order valence-corrected chi connectivity index (χ4v) is 4.29. The average molecular weight is 369 g/mol. The Morgan fingerprint density at radius 2 is 2.16 bits per heavy atom. The molecule has 1 aromatic carbocycles. The number of rotatable bonds is 6. The number of halogens is 1. The first-order valence-electron chi connectivity index (χ1n) is 7.82. The molecule has 1 fully saturated rings. The summed E-state index contributed by atoms with van der Waals surface area (Å²) in [4.78, 5) is -0.181. The molecule has 0 spiro atoms. The van der Waals surface area contributed by atoms with Crippen molar-refractivity contribution in [2.24, 2.45) is 13.0 Å². The minimum absolute atomic E-state index is 0.0233. The molecule has 25 heavy (non-hydrogen) atoms. The van der Waals surface area contributed by atoms with Gasteiger partial charge in [-0.25, -0.2) is 17.5 Å². The molecule has 1 aliphatic carbocycles. The van der Waals surface area contributed by atoms with Crippen LogP contribution in [-0.4, -0.2) is 36.5 Å². The Morgan fingerprint density at radius 1 is 1.44 bits per heavy atom. The summed E-state index contributed by atoms with van der Waals surface area (Å²) in [6.45, 7) is 0. The summed E-state index contributed by atoms with van der Waals surface area (Å²) in [5.41, 5.74) is 0.706. The Hall–Kier alpha value is -1.97. The van der Waals surface area contributed by atoms with Gasteiger partial charge in [0.05, 0.1) is 30.3 Å². The molecule has 0 unspecified atom stereocenters. The predicted octanol–water partition coefficient (Wildman–Crippen LogP) is 1.36. The predicted molar refractivity (Wildman–Crippen MR) is 88.0 cm³/mol. The van der Waals surface area contributed by atoms with Crippen molar-refractivity contribution < 1.29 is 22.7 Å². The number of aliphatic hydroxyl groups is 1. The molecule has 0 aliphatic heterocycles. The lowest BCUT2D eigenvalue weighted by Crippen LogP contribution is -2.41. The van der Waals surface area contributed by atoms with Crippen LogP contribution in [0.4, 0.5) is 4.39 Å². The third-order valence-corrected chi connectivity index (χ3v) is 5.86. The van der Waals surface area contributed by atoms with Crippen molar-refractivity contribution in [3.63, 3.8) is 0 Å². The summed E-state index contributed by atoms with van der Waals surface area (Å²) >= 11 is 0. The minimum atomic E-state index is -3.95. The second-order valence-corrected chi connectivity index (χ2v) is 7.94. The van der Waals surface area contributed by atoms with Crippen LogP contribution in [0.1, 0.15) is 24.4 Å². The highest BCUT2D eigenvalue weighted by Gasteiger charge is 2.37. The van der Waals surface area contributed by atoms with Gasteiger partial charge in [-0.15, -0.1) is 0 Å². The van der Waals surface area contributed by atoms with E-state index in [1.807, 2.05) is 0 Å². The highest BCUT2D eigenvalue weighted by Crippen LogP contribution is 2.38. The van der Waals surface area contributed by atoms with Crippen molar-refractivity contribution >= 4 is 10.0 Å². The van der Waals surface area contributed by atoms with Crippen molar-refractivity contribution in [3.8, 4) is 5.75 Å². The zero-order valence-corrected chi connectivity index (χ0v) is 14.7. The third-order valence-electron chi connectivity index (χ3n) is 4.42. The normalized spacial score (nSPS) is 21.6. The van der Waals surface area contributed by atoms with Crippen molar-refractivity contribution in [1.82, 2.24) is 14.5 Å². The fraction of sp³-hybridized carbons (Fsp3) is 0.438. The molecule has 1 atom stereocenters. The van der Waals surface area contributed by atoms with Gasteiger partial charge in [-0.05, 0) is 37.0 Å². The first kappa shape index (κ1) is 17.8. The second kappa shape index (κ2) is 6.74. The molecule has 2 N–H and O–H groups in total. The molecule has 0 bridgehead atoms. The SMILES string of the molecule is COc1ccc(S(=O)(=O)N[C@@H](c2cnn(C)c2)C2CC(O)C2)cc1F. The maximum absolute atomic E-state index is 13.9. The van der Waals surface area contributed by atoms with E-state index in [0.29, 0.717) is 18.4 Å². The van der Waals surface area contributed by atoms with Gasteiger partial charge in [0.1, 0.15) is 0 Å². The van der Waals surface area contributed by atoms with Crippen LogP contribution in [0.3, 0.4) is 0 Å². The van der Waals surface area contributed by atoms with E-state index < -0.39 is 28.0 Å². The highest BCUT2D eigenvalue weighted by atomic mass is 32.2. The smallest absolute Gasteiger partial charge is 0.241 e. The number of hydrogen-bond acceptors (Lipinski definition) is 5. The van der Waals surface area contributed by atoms with Gasteiger partial charge in [0, 0.05) is 18.8 Å². The molecule has 9 heteroatoms. The van der Waals surface area contributed by atoms with Crippen molar-refractivity contribution in [1.29, 1.82) is 0 Å². The number of nitrogens with zero attached hydrogens (tertiary/aromatic N) is 2. The number of ether oxygens (including phenoxy) is 1. The molecule has 0 radical (unpaired) electrons. The Bertz CT molecular complexity index is 862. The van der Waals surface area contributed by atoms with Gasteiger partial charge in [-0.1, -0.05) is 0 Å². The maximum Gasteiger partial charge on any atom is 0.241 e. The zero-order valence-electron chi connectivity index (χ0n) is 13.9. The van der Waals surface area contributed by atoms with E-state index in [1.54, 1.807) is 24.1 Å². The Balaban J connectivity index is 1.88. The maximum atomic E-state index is 13.9. The molecule has 0 amide bonds. The summed E-state index contributed by atoms with van der Waals surface area (Å²) in [6, 6.07) is 2.96. The standard InChI is InChI=1S/C16H20FN3O4S/c1-20-9-11(8-18-20)16(10-5-12(21)6-10)19-25(22,23)13-3-4-15(24-2)14(17)7-13/h3-4,7-10,12,16,19,21H,5-6H2,1-2H3/t10?,12?,16-/m1/s1. The number of sulfonamides is 1. The van der Waals surface area contributed by atoms with Crippen LogP contribution in [0, 0.1) is 11.7 Å². The molecule has 1 aliphatic rings. The minimum Gasteiger partial charge on any atom is -0.494 e. The number of aromatic nitrogens is 2. The molecule has 3 rings (SSSR count). The van der Waals surface area contributed by atoms with Crippen LogP contribution >= 0.6 is 0 Å². The highest BCUT2D eigenvalue weighted by molar-refractivity contribution is 7.89. The molecule has 7 nitrogen and oxygen atoms in total. The van der Waals surface area contributed by atoms with Crippen molar-refractivity contribution in [2.45, 2.75) is 29.9 Å². The molecule has 1 saturated carbocycles. The largest absolute Gasteiger partial charge is 0.494 e. The number of methoxy groups -OCH3 is 1. The number of nitrogens with one attached hydrogen (secondary N) is 1. The Morgan fingerprint density at radius 3 is 2.68 bits per heavy atom. The zero-order chi connectivity index (χ0) is 18.2. The van der Waals surface area contributed by atoms with Gasteiger partial charge in [-0.3, -0.25) is 4.68 Å². The summed E-state index contributed by atoms with van der Waals surface area (Å²) in [7, 11) is -0.898. The summed E-state index contributed by atoms with van der Waals surface area (Å²) in [5.74, 6) is -0.815. The molecule has 136 valence electrons. The van der Waals surface area contributed by atoms with E-state index in [1.165, 1.54) is 19.2 Å². The molecule has 2 aromatic rings. The van der Waals surface area contributed by atoms with Gasteiger partial charge in [-0.2, -0.15) is 5.10 Å². The third kappa shape index (κ3) is 3.68. The quantitative estimate of drug-likeness (QED) is 0.802. The van der Waals surface area contributed by atoms with Crippen LogP contribution < -0.4 is 9.46 Å². The number of hydrogen-bond donors (Lipinski definition) is 2. The average Bonchev–Trinajstić information content (AvgIpc) is 2.96. The van der Waals surface area contributed by atoms with Crippen LogP contribution in [0.2, 0.25) is 0 Å². The van der Waals surface area contributed by atoms with Crippen molar-refractivity contribution in [2.75, 3.05) is 7.11 Å². The van der Waals surface area contributed by atoms with Crippen LogP contribution in [0.5, 0.6) is 5.75 Å². The summed E-state index contributed by atoms with van der Waals surface area (Å²) < 4.78 is 48.3. The van der Waals surface area contributed by atoms with Gasteiger partial charge in [0.2, 0.25) is 10.0 Å². The second-order valence-electron chi connectivity index (χ2n) is 6.23. The molecular weight excluding hydrogens is 349 g/mol. The summed E-state index contributed by atoms with van der Waals surface area (Å²) in [5, 5.41) is 13.6. The van der Waals surface area contributed by atoms with E-state index in [0.717, 1.165) is 6.07 Å². The topological polar surface area (TPSA) is 93.5 Å². The van der Waals surface area contributed by atoms with Crippen molar-refractivity contribution in [3.05, 3.63) is 42.0 Å². The fourth-order valence-electron chi connectivity index (χ4n) is 2.99. The van der Waals surface area contributed by atoms with E-state index in [9.17, 15) is 17.9 Å². The Kier molecular flexibility index (Phi) is 4.81. The first-order chi connectivity index (χ1) is 11.8. The summed E-state index contributed by atoms with van der Waals surface area (Å²) in [6.07, 6.45) is 3.89. The van der Waals surface area contributed by atoms with E-state index in [4.69, 9.17) is 4.74 Å². The van der Waals surface area contributed by atoms with E-state index in [2.05, 4.69) is 9.82 Å². The molecule has 1 heterocycles. The van der Waals surface area contributed by atoms with E-state index in [-0.39, 0.29) is 16.6 Å². The van der Waals surface area contributed by atoms with Gasteiger partial charge in [0.15, 0.2) is 11.6 Å². The monoisotopic (exact) mass is 369 g/mol. The van der Waals surface area contributed by atoms with Crippen LogP contribution in [0.25, 0.3) is 0 Å². The van der Waals surface area contributed by atoms with Crippen LogP contribution in [0.15, 0.2) is 35.5 Å². The van der Waals surface area contributed by atoms with Gasteiger partial charge in [0.25, 0.3) is 0 Å². The van der Waals surface area contributed by atoms with Gasteiger partial charge < -0.3 is 9.84 Å². The van der Waals surface area contributed by atoms with Crippen LogP contribution in [-0.2, 0) is 17.1 Å². The van der Waals surface area contributed by atoms with Gasteiger partial charge >= 0.3 is 0 Å². The lowest BCUT2D eigenvalue weighted by molar-refractivity contribution is 0.0280. The van der Waals surface area contributed by atoms with E-state index >= 15 is 0 Å². The lowest BCUT2D eigenvalue weighted by atomic mass is 9.76. The number of aliphatic hydroxyl groups excluding tert-OH is 1.